The van der Waals surface area contributed by atoms with Crippen LogP contribution in [0.25, 0.3) is 0 Å². The van der Waals surface area contributed by atoms with E-state index in [0.717, 1.165) is 5.69 Å². The number of amides is 1. The number of carbonyl (C=O) groups is 1. The highest BCUT2D eigenvalue weighted by atomic mass is 16.5. The largest absolute Gasteiger partial charge is 0.382 e. The smallest absolute Gasteiger partial charge is 0.255 e. The molecule has 1 unspecified atom stereocenters. The predicted octanol–water partition coefficient (Wildman–Crippen LogP) is 1.66. The second kappa shape index (κ2) is 5.89. The second-order valence-electron chi connectivity index (χ2n) is 5.78. The molecule has 1 aliphatic rings. The summed E-state index contributed by atoms with van der Waals surface area (Å²) in [5.41, 5.74) is 1.04. The number of aryl methyl sites for hydroxylation is 1. The topological polar surface area (TPSA) is 51.7 Å². The number of hydrogen-bond donors (Lipinski definition) is 0. The van der Waals surface area contributed by atoms with E-state index in [1.165, 1.54) is 0 Å². The lowest BCUT2D eigenvalue weighted by Crippen LogP contribution is -2.55. The van der Waals surface area contributed by atoms with E-state index in [1.807, 2.05) is 31.7 Å². The van der Waals surface area contributed by atoms with E-state index in [4.69, 9.17) is 9.47 Å². The zero-order valence-electron chi connectivity index (χ0n) is 12.5. The first-order chi connectivity index (χ1) is 9.43. The van der Waals surface area contributed by atoms with E-state index in [9.17, 15) is 4.79 Å². The van der Waals surface area contributed by atoms with E-state index in [1.54, 1.807) is 19.4 Å². The molecule has 110 valence electrons. The number of hydrogen-bond acceptors (Lipinski definition) is 4. The van der Waals surface area contributed by atoms with E-state index >= 15 is 0 Å². The van der Waals surface area contributed by atoms with Crippen LogP contribution in [-0.4, -0.2) is 54.3 Å². The fourth-order valence-corrected chi connectivity index (χ4v) is 2.60. The van der Waals surface area contributed by atoms with Crippen molar-refractivity contribution >= 4 is 5.91 Å². The van der Waals surface area contributed by atoms with E-state index < -0.39 is 0 Å². The Hall–Kier alpha value is -1.46. The summed E-state index contributed by atoms with van der Waals surface area (Å²) in [6.45, 7) is 7.44. The molecular weight excluding hydrogens is 256 g/mol. The number of nitrogens with zero attached hydrogens (tertiary/aromatic N) is 2. The summed E-state index contributed by atoms with van der Waals surface area (Å²) in [6.07, 6.45) is 1.60. The van der Waals surface area contributed by atoms with Gasteiger partial charge in [0.05, 0.1) is 23.9 Å². The van der Waals surface area contributed by atoms with Crippen molar-refractivity contribution in [3.63, 3.8) is 0 Å². The van der Waals surface area contributed by atoms with Gasteiger partial charge in [0.15, 0.2) is 0 Å². The Balaban J connectivity index is 2.18. The second-order valence-corrected chi connectivity index (χ2v) is 5.78. The van der Waals surface area contributed by atoms with Gasteiger partial charge in [-0.1, -0.05) is 0 Å². The van der Waals surface area contributed by atoms with Crippen molar-refractivity contribution in [3.8, 4) is 0 Å². The molecule has 0 aromatic carbocycles. The van der Waals surface area contributed by atoms with Crippen LogP contribution in [0.4, 0.5) is 0 Å². The number of morpholine rings is 1. The summed E-state index contributed by atoms with van der Waals surface area (Å²) < 4.78 is 11.1. The summed E-state index contributed by atoms with van der Waals surface area (Å²) in [4.78, 5) is 18.7. The number of aromatic nitrogens is 1. The van der Waals surface area contributed by atoms with Crippen molar-refractivity contribution in [2.45, 2.75) is 32.5 Å². The summed E-state index contributed by atoms with van der Waals surface area (Å²) in [6, 6.07) is 3.61. The Morgan fingerprint density at radius 3 is 3.00 bits per heavy atom. The van der Waals surface area contributed by atoms with Crippen LogP contribution in [-0.2, 0) is 9.47 Å². The molecule has 0 spiro atoms. The van der Waals surface area contributed by atoms with Crippen LogP contribution in [0, 0.1) is 6.92 Å². The fourth-order valence-electron chi connectivity index (χ4n) is 2.60. The molecule has 5 nitrogen and oxygen atoms in total. The van der Waals surface area contributed by atoms with Gasteiger partial charge in [0.25, 0.3) is 5.91 Å². The molecule has 0 aliphatic carbocycles. The van der Waals surface area contributed by atoms with Gasteiger partial charge in [-0.3, -0.25) is 9.78 Å². The van der Waals surface area contributed by atoms with Crippen LogP contribution in [0.15, 0.2) is 18.3 Å². The lowest BCUT2D eigenvalue weighted by Gasteiger charge is -2.42. The van der Waals surface area contributed by atoms with Gasteiger partial charge in [0, 0.05) is 32.1 Å². The minimum Gasteiger partial charge on any atom is -0.382 e. The first kappa shape index (κ1) is 14.9. The van der Waals surface area contributed by atoms with Crippen molar-refractivity contribution in [1.29, 1.82) is 0 Å². The maximum absolute atomic E-state index is 12.6. The van der Waals surface area contributed by atoms with Gasteiger partial charge in [-0.2, -0.15) is 0 Å². The maximum atomic E-state index is 12.6. The Morgan fingerprint density at radius 2 is 2.35 bits per heavy atom. The standard InChI is InChI=1S/C15H22N2O3/c1-11-13(6-5-7-16-11)14(18)17-8-12(9-19-4)20-15(2,3)10-17/h5-7,12H,8-10H2,1-4H3. The molecule has 0 radical (unpaired) electrons. The first-order valence-corrected chi connectivity index (χ1v) is 6.80. The molecule has 0 N–H and O–H groups in total. The van der Waals surface area contributed by atoms with Crippen LogP contribution in [0.2, 0.25) is 0 Å². The van der Waals surface area contributed by atoms with Crippen molar-refractivity contribution in [2.75, 3.05) is 26.8 Å². The molecule has 1 aromatic heterocycles. The van der Waals surface area contributed by atoms with Gasteiger partial charge in [0.1, 0.15) is 0 Å². The third-order valence-electron chi connectivity index (χ3n) is 3.36. The Labute approximate surface area is 119 Å². The Morgan fingerprint density at radius 1 is 1.60 bits per heavy atom. The predicted molar refractivity (Wildman–Crippen MR) is 75.7 cm³/mol. The average molecular weight is 278 g/mol. The first-order valence-electron chi connectivity index (χ1n) is 6.80. The zero-order valence-corrected chi connectivity index (χ0v) is 12.5. The van der Waals surface area contributed by atoms with E-state index in [0.29, 0.717) is 25.3 Å². The van der Waals surface area contributed by atoms with Gasteiger partial charge in [-0.05, 0) is 32.9 Å². The number of pyridine rings is 1. The van der Waals surface area contributed by atoms with Crippen molar-refractivity contribution in [2.24, 2.45) is 0 Å². The SMILES string of the molecule is COCC1CN(C(=O)c2cccnc2C)CC(C)(C)O1. The minimum atomic E-state index is -0.368. The molecule has 1 aliphatic heterocycles. The monoisotopic (exact) mass is 278 g/mol. The average Bonchev–Trinajstić information content (AvgIpc) is 2.37. The Bertz CT molecular complexity index is 488. The quantitative estimate of drug-likeness (QED) is 0.843. The molecule has 1 aromatic rings. The van der Waals surface area contributed by atoms with Gasteiger partial charge < -0.3 is 14.4 Å². The third-order valence-corrected chi connectivity index (χ3v) is 3.36. The Kier molecular flexibility index (Phi) is 4.40. The number of carbonyl (C=O) groups excluding carboxylic acids is 1. The van der Waals surface area contributed by atoms with Gasteiger partial charge in [0.2, 0.25) is 0 Å². The van der Waals surface area contributed by atoms with Gasteiger partial charge in [-0.25, -0.2) is 0 Å². The van der Waals surface area contributed by atoms with Gasteiger partial charge >= 0.3 is 0 Å². The zero-order chi connectivity index (χ0) is 14.8. The van der Waals surface area contributed by atoms with Crippen LogP contribution in [0.3, 0.4) is 0 Å². The van der Waals surface area contributed by atoms with E-state index in [2.05, 4.69) is 4.98 Å². The molecule has 0 bridgehead atoms. The fraction of sp³-hybridized carbons (Fsp3) is 0.600. The van der Waals surface area contributed by atoms with Crippen LogP contribution in [0.5, 0.6) is 0 Å². The van der Waals surface area contributed by atoms with Gasteiger partial charge in [-0.15, -0.1) is 0 Å². The number of rotatable bonds is 3. The molecule has 1 atom stereocenters. The van der Waals surface area contributed by atoms with Crippen LogP contribution in [0.1, 0.15) is 29.9 Å². The van der Waals surface area contributed by atoms with Crippen molar-refractivity contribution in [3.05, 3.63) is 29.6 Å². The molecule has 1 fully saturated rings. The maximum Gasteiger partial charge on any atom is 0.255 e. The normalized spacial score (nSPS) is 21.8. The summed E-state index contributed by atoms with van der Waals surface area (Å²) in [5.74, 6) is 0.00748. The van der Waals surface area contributed by atoms with Crippen LogP contribution < -0.4 is 0 Å². The summed E-state index contributed by atoms with van der Waals surface area (Å²) >= 11 is 0. The molecule has 1 saturated heterocycles. The third kappa shape index (κ3) is 3.35. The highest BCUT2D eigenvalue weighted by molar-refractivity contribution is 5.95. The number of methoxy groups -OCH3 is 1. The lowest BCUT2D eigenvalue weighted by molar-refractivity contribution is -0.143. The summed E-state index contributed by atoms with van der Waals surface area (Å²) in [5, 5.41) is 0. The van der Waals surface area contributed by atoms with E-state index in [-0.39, 0.29) is 17.6 Å². The molecule has 20 heavy (non-hydrogen) atoms. The van der Waals surface area contributed by atoms with Crippen molar-refractivity contribution < 1.29 is 14.3 Å². The number of ether oxygens (including phenoxy) is 2. The minimum absolute atomic E-state index is 0.00748. The summed E-state index contributed by atoms with van der Waals surface area (Å²) in [7, 11) is 1.64. The molecule has 2 heterocycles. The highest BCUT2D eigenvalue weighted by Crippen LogP contribution is 2.23. The van der Waals surface area contributed by atoms with Crippen LogP contribution >= 0.6 is 0 Å². The molecular formula is C15H22N2O3. The molecule has 5 heteroatoms. The lowest BCUT2D eigenvalue weighted by atomic mass is 10.0. The molecule has 0 saturated carbocycles. The highest BCUT2D eigenvalue weighted by Gasteiger charge is 2.36. The molecule has 1 amide bonds. The molecule has 2 rings (SSSR count). The van der Waals surface area contributed by atoms with Crippen molar-refractivity contribution in [1.82, 2.24) is 9.88 Å².